The van der Waals surface area contributed by atoms with Crippen molar-refractivity contribution in [2.45, 2.75) is 25.3 Å². The van der Waals surface area contributed by atoms with E-state index in [2.05, 4.69) is 4.98 Å². The lowest BCUT2D eigenvalue weighted by Gasteiger charge is -2.35. The zero-order valence-corrected chi connectivity index (χ0v) is 11.4. The highest BCUT2D eigenvalue weighted by Gasteiger charge is 2.28. The second kappa shape index (κ2) is 6.47. The number of methoxy groups -OCH3 is 1. The molecule has 0 radical (unpaired) electrons. The van der Waals surface area contributed by atoms with Gasteiger partial charge in [0.15, 0.2) is 0 Å². The maximum atomic E-state index is 12.5. The van der Waals surface area contributed by atoms with E-state index in [1.165, 1.54) is 6.07 Å². The SMILES string of the molecule is COCC1CCCCN1C(=O)c1cccc(C(=O)O)n1. The van der Waals surface area contributed by atoms with Gasteiger partial charge in [0.2, 0.25) is 0 Å². The molecule has 1 saturated heterocycles. The molecular formula is C14H18N2O4. The van der Waals surface area contributed by atoms with Crippen LogP contribution in [0.4, 0.5) is 0 Å². The van der Waals surface area contributed by atoms with Crippen LogP contribution in [0.5, 0.6) is 0 Å². The summed E-state index contributed by atoms with van der Waals surface area (Å²) in [6.07, 6.45) is 2.92. The summed E-state index contributed by atoms with van der Waals surface area (Å²) in [4.78, 5) is 29.0. The summed E-state index contributed by atoms with van der Waals surface area (Å²) in [5.41, 5.74) is 0.0593. The Balaban J connectivity index is 2.20. The van der Waals surface area contributed by atoms with Crippen molar-refractivity contribution in [1.29, 1.82) is 0 Å². The standard InChI is InChI=1S/C14H18N2O4/c1-20-9-10-5-2-3-8-16(10)13(17)11-6-4-7-12(15-11)14(18)19/h4,6-7,10H,2-3,5,8-9H2,1H3,(H,18,19). The van der Waals surface area contributed by atoms with Gasteiger partial charge in [0.05, 0.1) is 12.6 Å². The number of rotatable bonds is 4. The maximum Gasteiger partial charge on any atom is 0.354 e. The molecule has 2 heterocycles. The first kappa shape index (κ1) is 14.5. The summed E-state index contributed by atoms with van der Waals surface area (Å²) in [5.74, 6) is -1.36. The van der Waals surface area contributed by atoms with Gasteiger partial charge >= 0.3 is 5.97 Å². The van der Waals surface area contributed by atoms with Crippen LogP contribution in [0.15, 0.2) is 18.2 Å². The van der Waals surface area contributed by atoms with Crippen LogP contribution in [-0.2, 0) is 4.74 Å². The summed E-state index contributed by atoms with van der Waals surface area (Å²) in [7, 11) is 1.61. The van der Waals surface area contributed by atoms with E-state index in [1.807, 2.05) is 0 Å². The van der Waals surface area contributed by atoms with Crippen molar-refractivity contribution < 1.29 is 19.4 Å². The Kier molecular flexibility index (Phi) is 4.68. The maximum absolute atomic E-state index is 12.5. The van der Waals surface area contributed by atoms with Gasteiger partial charge in [-0.3, -0.25) is 4.79 Å². The molecule has 0 spiro atoms. The number of hydrogen-bond donors (Lipinski definition) is 1. The van der Waals surface area contributed by atoms with Gasteiger partial charge in [0, 0.05) is 13.7 Å². The van der Waals surface area contributed by atoms with E-state index in [1.54, 1.807) is 24.1 Å². The van der Waals surface area contributed by atoms with Crippen LogP contribution in [0.2, 0.25) is 0 Å². The predicted octanol–water partition coefficient (Wildman–Crippen LogP) is 1.42. The highest BCUT2D eigenvalue weighted by atomic mass is 16.5. The van der Waals surface area contributed by atoms with E-state index in [0.717, 1.165) is 19.3 Å². The number of piperidine rings is 1. The third kappa shape index (κ3) is 3.14. The smallest absolute Gasteiger partial charge is 0.354 e. The number of ether oxygens (including phenoxy) is 1. The summed E-state index contributed by atoms with van der Waals surface area (Å²) in [6, 6.07) is 4.50. The second-order valence-electron chi connectivity index (χ2n) is 4.82. The van der Waals surface area contributed by atoms with E-state index in [9.17, 15) is 9.59 Å². The molecule has 108 valence electrons. The third-order valence-electron chi connectivity index (χ3n) is 3.43. The average molecular weight is 278 g/mol. The number of carboxylic acids is 1. The molecular weight excluding hydrogens is 260 g/mol. The Morgan fingerprint density at radius 1 is 1.40 bits per heavy atom. The van der Waals surface area contributed by atoms with E-state index >= 15 is 0 Å². The van der Waals surface area contributed by atoms with Gasteiger partial charge in [-0.25, -0.2) is 9.78 Å². The van der Waals surface area contributed by atoms with E-state index in [-0.39, 0.29) is 23.3 Å². The molecule has 6 nitrogen and oxygen atoms in total. The molecule has 6 heteroatoms. The molecule has 0 aliphatic carbocycles. The second-order valence-corrected chi connectivity index (χ2v) is 4.82. The third-order valence-corrected chi connectivity index (χ3v) is 3.43. The molecule has 1 aromatic heterocycles. The average Bonchev–Trinajstić information content (AvgIpc) is 2.47. The zero-order valence-electron chi connectivity index (χ0n) is 11.4. The van der Waals surface area contributed by atoms with Crippen molar-refractivity contribution in [3.63, 3.8) is 0 Å². The number of aromatic carboxylic acids is 1. The van der Waals surface area contributed by atoms with Crippen molar-refractivity contribution in [1.82, 2.24) is 9.88 Å². The van der Waals surface area contributed by atoms with Crippen molar-refractivity contribution in [3.8, 4) is 0 Å². The van der Waals surface area contributed by atoms with Gasteiger partial charge < -0.3 is 14.7 Å². The first-order chi connectivity index (χ1) is 9.63. The van der Waals surface area contributed by atoms with Crippen molar-refractivity contribution in [2.24, 2.45) is 0 Å². The van der Waals surface area contributed by atoms with Crippen molar-refractivity contribution in [3.05, 3.63) is 29.6 Å². The summed E-state index contributed by atoms with van der Waals surface area (Å²) in [6.45, 7) is 1.15. The van der Waals surface area contributed by atoms with Gasteiger partial charge in [-0.05, 0) is 31.4 Å². The number of likely N-dealkylation sites (tertiary alicyclic amines) is 1. The lowest BCUT2D eigenvalue weighted by molar-refractivity contribution is 0.0423. The van der Waals surface area contributed by atoms with Crippen LogP contribution in [-0.4, -0.2) is 53.2 Å². The number of carboxylic acid groups (broad SMARTS) is 1. The van der Waals surface area contributed by atoms with Crippen LogP contribution in [0.3, 0.4) is 0 Å². The minimum absolute atomic E-state index is 0.0385. The van der Waals surface area contributed by atoms with Gasteiger partial charge in [-0.1, -0.05) is 6.07 Å². The molecule has 1 fully saturated rings. The lowest BCUT2D eigenvalue weighted by Crippen LogP contribution is -2.46. The largest absolute Gasteiger partial charge is 0.477 e. The number of carbonyl (C=O) groups is 2. The normalized spacial score (nSPS) is 18.9. The number of aromatic nitrogens is 1. The highest BCUT2D eigenvalue weighted by molar-refractivity contribution is 5.94. The molecule has 1 aromatic rings. The van der Waals surface area contributed by atoms with E-state index < -0.39 is 5.97 Å². The minimum Gasteiger partial charge on any atom is -0.477 e. The molecule has 0 saturated carbocycles. The molecule has 20 heavy (non-hydrogen) atoms. The number of amides is 1. The Morgan fingerprint density at radius 3 is 2.85 bits per heavy atom. The summed E-state index contributed by atoms with van der Waals surface area (Å²) in [5, 5.41) is 8.93. The van der Waals surface area contributed by atoms with Gasteiger partial charge in [-0.15, -0.1) is 0 Å². The fraction of sp³-hybridized carbons (Fsp3) is 0.500. The van der Waals surface area contributed by atoms with Crippen molar-refractivity contribution in [2.75, 3.05) is 20.3 Å². The molecule has 1 aliphatic heterocycles. The summed E-state index contributed by atoms with van der Waals surface area (Å²) >= 11 is 0. The fourth-order valence-corrected chi connectivity index (χ4v) is 2.45. The molecule has 2 rings (SSSR count). The fourth-order valence-electron chi connectivity index (χ4n) is 2.45. The van der Waals surface area contributed by atoms with E-state index in [0.29, 0.717) is 13.2 Å². The number of hydrogen-bond acceptors (Lipinski definition) is 4. The Morgan fingerprint density at radius 2 is 2.15 bits per heavy atom. The first-order valence-electron chi connectivity index (χ1n) is 6.63. The van der Waals surface area contributed by atoms with Crippen LogP contribution in [0.1, 0.15) is 40.2 Å². The van der Waals surface area contributed by atoms with Gasteiger partial charge in [0.25, 0.3) is 5.91 Å². The van der Waals surface area contributed by atoms with Crippen LogP contribution < -0.4 is 0 Å². The quantitative estimate of drug-likeness (QED) is 0.901. The van der Waals surface area contributed by atoms with Crippen LogP contribution in [0.25, 0.3) is 0 Å². The van der Waals surface area contributed by atoms with E-state index in [4.69, 9.17) is 9.84 Å². The Hall–Kier alpha value is -1.95. The zero-order chi connectivity index (χ0) is 14.5. The monoisotopic (exact) mass is 278 g/mol. The lowest BCUT2D eigenvalue weighted by atomic mass is 10.0. The molecule has 1 aliphatic rings. The molecule has 1 N–H and O–H groups in total. The summed E-state index contributed by atoms with van der Waals surface area (Å²) < 4.78 is 5.15. The van der Waals surface area contributed by atoms with Crippen molar-refractivity contribution >= 4 is 11.9 Å². The number of pyridine rings is 1. The van der Waals surface area contributed by atoms with Gasteiger partial charge in [0.1, 0.15) is 11.4 Å². The van der Waals surface area contributed by atoms with Gasteiger partial charge in [-0.2, -0.15) is 0 Å². The molecule has 1 atom stereocenters. The highest BCUT2D eigenvalue weighted by Crippen LogP contribution is 2.19. The number of nitrogens with zero attached hydrogens (tertiary/aromatic N) is 2. The molecule has 0 aromatic carbocycles. The molecule has 1 unspecified atom stereocenters. The van der Waals surface area contributed by atoms with Crippen LogP contribution in [0, 0.1) is 0 Å². The molecule has 1 amide bonds. The number of carbonyl (C=O) groups excluding carboxylic acids is 1. The predicted molar refractivity (Wildman–Crippen MR) is 71.7 cm³/mol. The topological polar surface area (TPSA) is 79.7 Å². The first-order valence-corrected chi connectivity index (χ1v) is 6.63. The minimum atomic E-state index is -1.13. The molecule has 0 bridgehead atoms. The Bertz CT molecular complexity index is 502. The Labute approximate surface area is 117 Å². The van der Waals surface area contributed by atoms with Crippen LogP contribution >= 0.6 is 0 Å².